The van der Waals surface area contributed by atoms with Crippen LogP contribution in [0, 0.1) is 5.92 Å². The molecule has 1 atom stereocenters. The predicted octanol–water partition coefficient (Wildman–Crippen LogP) is 2.70. The number of ether oxygens (including phenoxy) is 2. The largest absolute Gasteiger partial charge is 0.493 e. The van der Waals surface area contributed by atoms with E-state index in [0.717, 1.165) is 30.9 Å². The van der Waals surface area contributed by atoms with Crippen molar-refractivity contribution in [1.29, 1.82) is 0 Å². The molecule has 7 heteroatoms. The highest BCUT2D eigenvalue weighted by Gasteiger charge is 2.19. The maximum absolute atomic E-state index is 12.5. The molecule has 28 heavy (non-hydrogen) atoms. The van der Waals surface area contributed by atoms with E-state index >= 15 is 0 Å². The molecule has 0 spiro atoms. The zero-order valence-electron chi connectivity index (χ0n) is 16.8. The summed E-state index contributed by atoms with van der Waals surface area (Å²) >= 11 is 0. The Balaban J connectivity index is 1.57. The molecule has 1 aromatic heterocycles. The topological polar surface area (TPSA) is 76.6 Å². The van der Waals surface area contributed by atoms with Crippen LogP contribution < -0.4 is 19.7 Å². The van der Waals surface area contributed by atoms with Gasteiger partial charge in [-0.1, -0.05) is 13.0 Å². The monoisotopic (exact) mass is 384 g/mol. The van der Waals surface area contributed by atoms with Gasteiger partial charge in [0.15, 0.2) is 11.5 Å². The van der Waals surface area contributed by atoms with Gasteiger partial charge in [0.1, 0.15) is 17.8 Å². The molecule has 1 amide bonds. The van der Waals surface area contributed by atoms with Crippen LogP contribution in [0.25, 0.3) is 0 Å². The lowest BCUT2D eigenvalue weighted by atomic mass is 10.0. The summed E-state index contributed by atoms with van der Waals surface area (Å²) in [5.74, 6) is 2.65. The van der Waals surface area contributed by atoms with E-state index < -0.39 is 0 Å². The molecule has 0 bridgehead atoms. The molecule has 2 aromatic rings. The first kappa shape index (κ1) is 19.9. The summed E-state index contributed by atoms with van der Waals surface area (Å²) in [5.41, 5.74) is 1.46. The number of anilines is 1. The van der Waals surface area contributed by atoms with Gasteiger partial charge >= 0.3 is 0 Å². The number of nitrogens with zero attached hydrogens (tertiary/aromatic N) is 3. The molecule has 1 aromatic carbocycles. The van der Waals surface area contributed by atoms with Gasteiger partial charge in [-0.25, -0.2) is 9.97 Å². The van der Waals surface area contributed by atoms with Crippen molar-refractivity contribution in [3.05, 3.63) is 41.9 Å². The van der Waals surface area contributed by atoms with Gasteiger partial charge in [-0.3, -0.25) is 4.79 Å². The van der Waals surface area contributed by atoms with E-state index in [1.54, 1.807) is 20.3 Å². The molecule has 0 aliphatic carbocycles. The molecule has 1 aliphatic heterocycles. The third-order valence-corrected chi connectivity index (χ3v) is 5.01. The van der Waals surface area contributed by atoms with Crippen LogP contribution in [0.2, 0.25) is 0 Å². The maximum atomic E-state index is 12.5. The number of piperidine rings is 1. The number of carbonyl (C=O) groups excluding carboxylic acids is 1. The van der Waals surface area contributed by atoms with Crippen molar-refractivity contribution >= 4 is 11.7 Å². The minimum Gasteiger partial charge on any atom is -0.493 e. The standard InChI is InChI=1S/C21H28N4O3/c1-15-5-4-10-25(13-15)20-12-17(23-14-24-20)21(26)22-9-8-16-6-7-18(27-2)19(11-16)28-3/h6-7,11-12,14-15H,4-5,8-10,13H2,1-3H3,(H,22,26). The lowest BCUT2D eigenvalue weighted by molar-refractivity contribution is 0.0949. The van der Waals surface area contributed by atoms with Crippen LogP contribution in [-0.2, 0) is 6.42 Å². The third-order valence-electron chi connectivity index (χ3n) is 5.01. The van der Waals surface area contributed by atoms with Crippen LogP contribution in [-0.4, -0.2) is 49.7 Å². The molecule has 0 radical (unpaired) electrons. The zero-order chi connectivity index (χ0) is 19.9. The lowest BCUT2D eigenvalue weighted by Gasteiger charge is -2.31. The fraction of sp³-hybridized carbons (Fsp3) is 0.476. The van der Waals surface area contributed by atoms with Crippen molar-refractivity contribution in [3.63, 3.8) is 0 Å². The first-order chi connectivity index (χ1) is 13.6. The second-order valence-electron chi connectivity index (χ2n) is 7.15. The molecular weight excluding hydrogens is 356 g/mol. The molecule has 0 saturated carbocycles. The fourth-order valence-electron chi connectivity index (χ4n) is 3.49. The SMILES string of the molecule is COc1ccc(CCNC(=O)c2cc(N3CCCC(C)C3)ncn2)cc1OC. The molecular formula is C21H28N4O3. The summed E-state index contributed by atoms with van der Waals surface area (Å²) < 4.78 is 10.6. The Morgan fingerprint density at radius 2 is 2.04 bits per heavy atom. The van der Waals surface area contributed by atoms with Crippen molar-refractivity contribution in [2.24, 2.45) is 5.92 Å². The van der Waals surface area contributed by atoms with Gasteiger partial charge in [0, 0.05) is 25.7 Å². The summed E-state index contributed by atoms with van der Waals surface area (Å²) in [6, 6.07) is 7.54. The van der Waals surface area contributed by atoms with Gasteiger partial charge in [0.05, 0.1) is 14.2 Å². The molecule has 1 unspecified atom stereocenters. The second kappa shape index (κ2) is 9.39. The number of nitrogens with one attached hydrogen (secondary N) is 1. The summed E-state index contributed by atoms with van der Waals surface area (Å²) in [6.45, 7) is 4.70. The van der Waals surface area contributed by atoms with E-state index in [1.807, 2.05) is 18.2 Å². The van der Waals surface area contributed by atoms with Crippen LogP contribution >= 0.6 is 0 Å². The van der Waals surface area contributed by atoms with E-state index in [2.05, 4.69) is 27.1 Å². The predicted molar refractivity (Wildman–Crippen MR) is 108 cm³/mol. The van der Waals surface area contributed by atoms with Crippen LogP contribution in [0.1, 0.15) is 35.8 Å². The number of carbonyl (C=O) groups is 1. The van der Waals surface area contributed by atoms with Crippen LogP contribution in [0.4, 0.5) is 5.82 Å². The molecule has 150 valence electrons. The molecule has 1 N–H and O–H groups in total. The van der Waals surface area contributed by atoms with Crippen LogP contribution in [0.15, 0.2) is 30.6 Å². The quantitative estimate of drug-likeness (QED) is 0.791. The van der Waals surface area contributed by atoms with Crippen molar-refractivity contribution < 1.29 is 14.3 Å². The number of hydrogen-bond donors (Lipinski definition) is 1. The van der Waals surface area contributed by atoms with Crippen molar-refractivity contribution in [1.82, 2.24) is 15.3 Å². The van der Waals surface area contributed by atoms with Crippen molar-refractivity contribution in [2.75, 3.05) is 38.8 Å². The summed E-state index contributed by atoms with van der Waals surface area (Å²) in [6.07, 6.45) is 4.55. The number of methoxy groups -OCH3 is 2. The molecule has 1 fully saturated rings. The number of rotatable bonds is 7. The summed E-state index contributed by atoms with van der Waals surface area (Å²) in [5, 5.41) is 2.93. The van der Waals surface area contributed by atoms with Crippen molar-refractivity contribution in [2.45, 2.75) is 26.2 Å². The van der Waals surface area contributed by atoms with Gasteiger partial charge in [0.2, 0.25) is 0 Å². The summed E-state index contributed by atoms with van der Waals surface area (Å²) in [4.78, 5) is 23.2. The van der Waals surface area contributed by atoms with Gasteiger partial charge < -0.3 is 19.7 Å². The fourth-order valence-corrected chi connectivity index (χ4v) is 3.49. The Morgan fingerprint density at radius 3 is 2.79 bits per heavy atom. The zero-order valence-corrected chi connectivity index (χ0v) is 16.8. The first-order valence-electron chi connectivity index (χ1n) is 9.66. The van der Waals surface area contributed by atoms with E-state index in [9.17, 15) is 4.79 Å². The number of amides is 1. The smallest absolute Gasteiger partial charge is 0.270 e. The van der Waals surface area contributed by atoms with Gasteiger partial charge in [-0.15, -0.1) is 0 Å². The summed E-state index contributed by atoms with van der Waals surface area (Å²) in [7, 11) is 3.22. The Kier molecular flexibility index (Phi) is 6.68. The Labute approximate surface area is 166 Å². The van der Waals surface area contributed by atoms with Gasteiger partial charge in [0.25, 0.3) is 5.91 Å². The van der Waals surface area contributed by atoms with Gasteiger partial charge in [-0.05, 0) is 42.9 Å². The van der Waals surface area contributed by atoms with E-state index in [4.69, 9.17) is 9.47 Å². The maximum Gasteiger partial charge on any atom is 0.270 e. The van der Waals surface area contributed by atoms with Crippen molar-refractivity contribution in [3.8, 4) is 11.5 Å². The molecule has 3 rings (SSSR count). The average Bonchev–Trinajstić information content (AvgIpc) is 2.73. The van der Waals surface area contributed by atoms with E-state index in [0.29, 0.717) is 36.1 Å². The number of hydrogen-bond acceptors (Lipinski definition) is 6. The van der Waals surface area contributed by atoms with E-state index in [1.165, 1.54) is 12.7 Å². The lowest BCUT2D eigenvalue weighted by Crippen LogP contribution is -2.35. The Hall–Kier alpha value is -2.83. The highest BCUT2D eigenvalue weighted by molar-refractivity contribution is 5.92. The van der Waals surface area contributed by atoms with E-state index in [-0.39, 0.29) is 5.91 Å². The minimum absolute atomic E-state index is 0.186. The Morgan fingerprint density at radius 1 is 1.21 bits per heavy atom. The van der Waals surface area contributed by atoms with Crippen LogP contribution in [0.5, 0.6) is 11.5 Å². The molecule has 1 aliphatic rings. The molecule has 1 saturated heterocycles. The van der Waals surface area contributed by atoms with Gasteiger partial charge in [-0.2, -0.15) is 0 Å². The third kappa shape index (κ3) is 4.91. The second-order valence-corrected chi connectivity index (χ2v) is 7.15. The molecule has 7 nitrogen and oxygen atoms in total. The van der Waals surface area contributed by atoms with Crippen LogP contribution in [0.3, 0.4) is 0 Å². The first-order valence-corrected chi connectivity index (χ1v) is 9.66. The highest BCUT2D eigenvalue weighted by atomic mass is 16.5. The number of benzene rings is 1. The normalized spacial score (nSPS) is 16.5. The highest BCUT2D eigenvalue weighted by Crippen LogP contribution is 2.27. The Bertz CT molecular complexity index is 812. The molecule has 2 heterocycles. The minimum atomic E-state index is -0.186. The number of aromatic nitrogens is 2. The average molecular weight is 384 g/mol.